The third-order valence-corrected chi connectivity index (χ3v) is 1.86. The van der Waals surface area contributed by atoms with Gasteiger partial charge in [0.1, 0.15) is 0 Å². The summed E-state index contributed by atoms with van der Waals surface area (Å²) < 4.78 is 0. The minimum absolute atomic E-state index is 0.426. The maximum absolute atomic E-state index is 9.98. The molecular weight excluding hydrogens is 178 g/mol. The predicted molar refractivity (Wildman–Crippen MR) is 58.5 cm³/mol. The molecule has 0 aromatic heterocycles. The molecule has 0 saturated heterocycles. The number of nitro groups is 1. The van der Waals surface area contributed by atoms with E-state index < -0.39 is 4.92 Å². The summed E-state index contributed by atoms with van der Waals surface area (Å²) in [5.41, 5.74) is 0. The third-order valence-electron chi connectivity index (χ3n) is 1.86. The van der Waals surface area contributed by atoms with Crippen molar-refractivity contribution in [3.63, 3.8) is 0 Å². The van der Waals surface area contributed by atoms with Gasteiger partial charge in [-0.15, -0.1) is 0 Å². The second-order valence-electron chi connectivity index (χ2n) is 3.25. The maximum atomic E-state index is 9.98. The van der Waals surface area contributed by atoms with Gasteiger partial charge < -0.3 is 0 Å². The Morgan fingerprint density at radius 2 is 2.21 bits per heavy atom. The minimum Gasteiger partial charge on any atom is -0.259 e. The van der Waals surface area contributed by atoms with Crippen LogP contribution in [-0.2, 0) is 0 Å². The highest BCUT2D eigenvalue weighted by molar-refractivity contribution is 4.97. The van der Waals surface area contributed by atoms with Gasteiger partial charge in [-0.1, -0.05) is 31.7 Å². The lowest BCUT2D eigenvalue weighted by Crippen LogP contribution is -1.92. The van der Waals surface area contributed by atoms with E-state index >= 15 is 0 Å². The molecule has 0 aromatic rings. The van der Waals surface area contributed by atoms with Crippen molar-refractivity contribution in [1.29, 1.82) is 0 Å². The Morgan fingerprint density at radius 1 is 1.50 bits per heavy atom. The Labute approximate surface area is 85.0 Å². The van der Waals surface area contributed by atoms with Crippen LogP contribution < -0.4 is 0 Å². The second-order valence-corrected chi connectivity index (χ2v) is 3.25. The molecular formula is C11H17NO2. The first-order chi connectivity index (χ1) is 6.66. The van der Waals surface area contributed by atoms with Crippen molar-refractivity contribution in [1.82, 2.24) is 0 Å². The summed E-state index contributed by atoms with van der Waals surface area (Å²) in [4.78, 5) is 9.55. The van der Waals surface area contributed by atoms with Crippen molar-refractivity contribution in [2.75, 3.05) is 0 Å². The molecule has 0 heterocycles. The highest BCUT2D eigenvalue weighted by Gasteiger charge is 1.98. The van der Waals surface area contributed by atoms with Crippen LogP contribution in [0.4, 0.5) is 0 Å². The van der Waals surface area contributed by atoms with Crippen molar-refractivity contribution in [2.45, 2.75) is 26.2 Å². The summed E-state index contributed by atoms with van der Waals surface area (Å²) in [5, 5.41) is 9.98. The zero-order valence-electron chi connectivity index (χ0n) is 8.56. The maximum Gasteiger partial charge on any atom is 0.230 e. The zero-order chi connectivity index (χ0) is 10.8. The summed E-state index contributed by atoms with van der Waals surface area (Å²) in [5.74, 6) is 0.487. The Kier molecular flexibility index (Phi) is 7.42. The molecule has 78 valence electrons. The molecule has 0 aromatic carbocycles. The van der Waals surface area contributed by atoms with Crippen LogP contribution >= 0.6 is 0 Å². The first-order valence-corrected chi connectivity index (χ1v) is 4.74. The van der Waals surface area contributed by atoms with Gasteiger partial charge in [0.15, 0.2) is 0 Å². The van der Waals surface area contributed by atoms with Gasteiger partial charge in [0.25, 0.3) is 0 Å². The first kappa shape index (κ1) is 12.6. The van der Waals surface area contributed by atoms with Gasteiger partial charge in [0, 0.05) is 0 Å². The number of hydrogen-bond donors (Lipinski definition) is 0. The van der Waals surface area contributed by atoms with Crippen LogP contribution in [0.25, 0.3) is 0 Å². The standard InChI is InChI=1S/C11H17NO2/c1-3-4-5-6-8-11(2)9-7-10-12(13)14/h3-5,7,10-11H,1,6,8-9H2,2H3/b5-4+,10-7+. The van der Waals surface area contributed by atoms with Crippen molar-refractivity contribution in [3.8, 4) is 0 Å². The molecule has 0 bridgehead atoms. The molecule has 0 fully saturated rings. The Morgan fingerprint density at radius 3 is 2.79 bits per heavy atom. The normalized spacial score (nSPS) is 13.5. The minimum atomic E-state index is -0.426. The van der Waals surface area contributed by atoms with E-state index in [2.05, 4.69) is 19.6 Å². The monoisotopic (exact) mass is 195 g/mol. The lowest BCUT2D eigenvalue weighted by atomic mass is 10.0. The number of hydrogen-bond acceptors (Lipinski definition) is 2. The van der Waals surface area contributed by atoms with E-state index in [0.717, 1.165) is 25.5 Å². The van der Waals surface area contributed by atoms with Crippen LogP contribution in [0.1, 0.15) is 26.2 Å². The van der Waals surface area contributed by atoms with Crippen LogP contribution in [0, 0.1) is 16.0 Å². The number of allylic oxidation sites excluding steroid dienone is 4. The molecule has 0 N–H and O–H groups in total. The zero-order valence-corrected chi connectivity index (χ0v) is 8.56. The summed E-state index contributed by atoms with van der Waals surface area (Å²) in [6.45, 7) is 5.66. The average Bonchev–Trinajstić information content (AvgIpc) is 2.12. The molecule has 1 unspecified atom stereocenters. The van der Waals surface area contributed by atoms with Gasteiger partial charge in [-0.3, -0.25) is 10.1 Å². The van der Waals surface area contributed by atoms with Crippen LogP contribution in [0.2, 0.25) is 0 Å². The Hall–Kier alpha value is -1.38. The molecule has 1 atom stereocenters. The van der Waals surface area contributed by atoms with Crippen LogP contribution in [0.3, 0.4) is 0 Å². The van der Waals surface area contributed by atoms with Gasteiger partial charge in [-0.25, -0.2) is 0 Å². The van der Waals surface area contributed by atoms with Gasteiger partial charge in [0.2, 0.25) is 6.20 Å². The van der Waals surface area contributed by atoms with Crippen molar-refractivity contribution < 1.29 is 4.92 Å². The molecule has 0 aliphatic heterocycles. The average molecular weight is 195 g/mol. The van der Waals surface area contributed by atoms with E-state index in [0.29, 0.717) is 5.92 Å². The molecule has 0 aliphatic carbocycles. The van der Waals surface area contributed by atoms with E-state index in [4.69, 9.17) is 0 Å². The number of rotatable bonds is 7. The van der Waals surface area contributed by atoms with Crippen molar-refractivity contribution in [2.24, 2.45) is 5.92 Å². The Bertz CT molecular complexity index is 231. The highest BCUT2D eigenvalue weighted by Crippen LogP contribution is 2.11. The fourth-order valence-corrected chi connectivity index (χ4v) is 1.07. The van der Waals surface area contributed by atoms with Crippen LogP contribution in [-0.4, -0.2) is 4.92 Å². The molecule has 0 spiro atoms. The van der Waals surface area contributed by atoms with E-state index in [9.17, 15) is 10.1 Å². The van der Waals surface area contributed by atoms with E-state index in [1.165, 1.54) is 0 Å². The van der Waals surface area contributed by atoms with E-state index in [-0.39, 0.29) is 0 Å². The predicted octanol–water partition coefficient (Wildman–Crippen LogP) is 3.33. The van der Waals surface area contributed by atoms with Crippen LogP contribution in [0.15, 0.2) is 37.1 Å². The molecule has 3 nitrogen and oxygen atoms in total. The molecule has 0 aliphatic rings. The topological polar surface area (TPSA) is 43.1 Å². The fraction of sp³-hybridized carbons (Fsp3) is 0.455. The third kappa shape index (κ3) is 8.71. The van der Waals surface area contributed by atoms with E-state index in [1.807, 2.05) is 6.08 Å². The first-order valence-electron chi connectivity index (χ1n) is 4.74. The van der Waals surface area contributed by atoms with Crippen LogP contribution in [0.5, 0.6) is 0 Å². The van der Waals surface area contributed by atoms with Gasteiger partial charge in [0.05, 0.1) is 4.92 Å². The molecule has 3 heteroatoms. The summed E-state index contributed by atoms with van der Waals surface area (Å²) in [6.07, 6.45) is 11.2. The number of nitrogens with zero attached hydrogens (tertiary/aromatic N) is 1. The largest absolute Gasteiger partial charge is 0.259 e. The summed E-state index contributed by atoms with van der Waals surface area (Å²) in [6, 6.07) is 0. The van der Waals surface area contributed by atoms with Crippen molar-refractivity contribution in [3.05, 3.63) is 47.2 Å². The molecule has 0 amide bonds. The van der Waals surface area contributed by atoms with Gasteiger partial charge in [-0.05, 0) is 31.3 Å². The Balaban J connectivity index is 3.55. The van der Waals surface area contributed by atoms with Crippen molar-refractivity contribution >= 4 is 0 Å². The van der Waals surface area contributed by atoms with Gasteiger partial charge >= 0.3 is 0 Å². The lowest BCUT2D eigenvalue weighted by Gasteiger charge is -2.04. The quantitative estimate of drug-likeness (QED) is 0.355. The lowest BCUT2D eigenvalue weighted by molar-refractivity contribution is -0.402. The van der Waals surface area contributed by atoms with Gasteiger partial charge in [-0.2, -0.15) is 0 Å². The summed E-state index contributed by atoms with van der Waals surface area (Å²) in [7, 11) is 0. The molecule has 0 radical (unpaired) electrons. The smallest absolute Gasteiger partial charge is 0.230 e. The second kappa shape index (κ2) is 8.23. The molecule has 14 heavy (non-hydrogen) atoms. The van der Waals surface area contributed by atoms with E-state index in [1.54, 1.807) is 12.2 Å². The summed E-state index contributed by atoms with van der Waals surface area (Å²) >= 11 is 0. The highest BCUT2D eigenvalue weighted by atomic mass is 16.6. The fourth-order valence-electron chi connectivity index (χ4n) is 1.07. The molecule has 0 rings (SSSR count). The molecule has 0 saturated carbocycles. The SMILES string of the molecule is C=C/C=C/CCC(C)C/C=C/[N+](=O)[O-].